The van der Waals surface area contributed by atoms with Gasteiger partial charge in [0.05, 0.1) is 43.0 Å². The van der Waals surface area contributed by atoms with Crippen LogP contribution in [0.4, 0.5) is 0 Å². The van der Waals surface area contributed by atoms with Crippen molar-refractivity contribution in [2.45, 2.75) is 200 Å². The van der Waals surface area contributed by atoms with Crippen molar-refractivity contribution in [3.63, 3.8) is 0 Å². The van der Waals surface area contributed by atoms with Crippen LogP contribution in [0.2, 0.25) is 0 Å². The third kappa shape index (κ3) is 8.64. The molecule has 0 aromatic heterocycles. The Morgan fingerprint density at radius 2 is 1.18 bits per heavy atom. The molecule has 5 aliphatic carbocycles. The average molecular weight is 965 g/mol. The van der Waals surface area contributed by atoms with Gasteiger partial charge in [0.15, 0.2) is 12.6 Å². The predicted molar refractivity (Wildman–Crippen MR) is 222 cm³/mol. The van der Waals surface area contributed by atoms with Crippen LogP contribution in [0.5, 0.6) is 0 Å². The van der Waals surface area contributed by atoms with Crippen LogP contribution in [-0.4, -0.2) is 226 Å². The van der Waals surface area contributed by atoms with Crippen molar-refractivity contribution in [2.75, 3.05) is 26.4 Å². The van der Waals surface area contributed by atoms with Gasteiger partial charge in [0.1, 0.15) is 85.5 Å². The van der Waals surface area contributed by atoms with E-state index in [1.54, 1.807) is 0 Å². The molecule has 22 heteroatoms. The Labute approximate surface area is 387 Å². The summed E-state index contributed by atoms with van der Waals surface area (Å²) in [4.78, 5) is 14.3. The monoisotopic (exact) mass is 964 g/mol. The van der Waals surface area contributed by atoms with E-state index in [4.69, 9.17) is 33.2 Å². The lowest BCUT2D eigenvalue weighted by Crippen LogP contribution is -2.67. The minimum atomic E-state index is -1.92. The number of carbonyl (C=O) groups excluding carboxylic acids is 1. The van der Waals surface area contributed by atoms with Crippen molar-refractivity contribution in [1.29, 1.82) is 0 Å². The standard InChI is InChI=1S/C45H72O22/c1-18-12-44-9-5-24-42(2,7-4-8-43(24,3)41(60)66-39-35(59)33(57)29(53)22(15-48)63-39)25(44)6-10-45(18,17-44)67-40-37(65-38-34(58)32(56)28(52)21(14-47)62-38)36(30(54)23(16-49)64-40)61-20-11-19(13-46)26(50)31(55)27(20)51/h19-40,46-59H,1,4-17H2,2-3H3/t19?,20?,21?,22?,23?,24?,25?,26?,27?,28?,29?,30?,31?,32?,33?,34?,35?,36?,37?,38?,39?,40?,42-,43-,44-,45+/m1/s1. The number of ether oxygens (including phenoxy) is 7. The van der Waals surface area contributed by atoms with E-state index in [0.29, 0.717) is 51.4 Å². The summed E-state index contributed by atoms with van der Waals surface area (Å²) in [5.41, 5.74) is -2.23. The molecule has 5 saturated carbocycles. The molecule has 8 aliphatic rings. The summed E-state index contributed by atoms with van der Waals surface area (Å²) < 4.78 is 43.0. The number of esters is 1. The molecule has 22 nitrogen and oxygen atoms in total. The summed E-state index contributed by atoms with van der Waals surface area (Å²) in [6.45, 7) is 5.74. The molecule has 8 fully saturated rings. The Kier molecular flexibility index (Phi) is 15.0. The molecule has 3 aliphatic heterocycles. The summed E-state index contributed by atoms with van der Waals surface area (Å²) in [6.07, 6.45) is -26.1. The van der Waals surface area contributed by atoms with Crippen molar-refractivity contribution in [3.05, 3.63) is 12.2 Å². The van der Waals surface area contributed by atoms with Crippen LogP contribution in [0.25, 0.3) is 0 Å². The van der Waals surface area contributed by atoms with E-state index in [1.165, 1.54) is 0 Å². The summed E-state index contributed by atoms with van der Waals surface area (Å²) in [5, 5.41) is 148. The van der Waals surface area contributed by atoms with Crippen LogP contribution in [0.3, 0.4) is 0 Å². The Bertz CT molecular complexity index is 1760. The van der Waals surface area contributed by atoms with Gasteiger partial charge in [-0.2, -0.15) is 0 Å². The van der Waals surface area contributed by atoms with Crippen LogP contribution < -0.4 is 0 Å². The maximum absolute atomic E-state index is 14.3. The van der Waals surface area contributed by atoms with Gasteiger partial charge in [0, 0.05) is 12.5 Å². The van der Waals surface area contributed by atoms with E-state index in [2.05, 4.69) is 13.5 Å². The lowest BCUT2D eigenvalue weighted by Gasteiger charge is -2.64. The number of rotatable bonds is 12. The van der Waals surface area contributed by atoms with E-state index in [1.807, 2.05) is 6.92 Å². The molecule has 3 heterocycles. The van der Waals surface area contributed by atoms with Crippen molar-refractivity contribution < 1.29 is 109 Å². The number of hydrogen-bond donors (Lipinski definition) is 14. The third-order valence-electron chi connectivity index (χ3n) is 17.6. The highest BCUT2D eigenvalue weighted by Crippen LogP contribution is 2.74. The van der Waals surface area contributed by atoms with E-state index in [-0.39, 0.29) is 18.3 Å². The predicted octanol–water partition coefficient (Wildman–Crippen LogP) is -4.45. The van der Waals surface area contributed by atoms with Gasteiger partial charge in [-0.25, -0.2) is 0 Å². The molecule has 0 radical (unpaired) electrons. The first-order chi connectivity index (χ1) is 31.6. The molecule has 0 amide bonds. The maximum Gasteiger partial charge on any atom is 0.314 e. The van der Waals surface area contributed by atoms with Gasteiger partial charge in [-0.15, -0.1) is 0 Å². The first-order valence-corrected chi connectivity index (χ1v) is 23.7. The lowest BCUT2D eigenvalue weighted by atomic mass is 9.41. The van der Waals surface area contributed by atoms with Gasteiger partial charge in [-0.1, -0.05) is 19.9 Å². The smallest absolute Gasteiger partial charge is 0.314 e. The zero-order valence-corrected chi connectivity index (χ0v) is 37.8. The van der Waals surface area contributed by atoms with Gasteiger partial charge in [-0.05, 0) is 93.0 Å². The Balaban J connectivity index is 1.06. The van der Waals surface area contributed by atoms with E-state index < -0.39 is 177 Å². The van der Waals surface area contributed by atoms with Gasteiger partial charge in [-0.3, -0.25) is 4.79 Å². The molecule has 2 bridgehead atoms. The molecule has 3 saturated heterocycles. The number of aliphatic hydroxyl groups is 14. The van der Waals surface area contributed by atoms with Crippen LogP contribution in [0.15, 0.2) is 12.2 Å². The minimum absolute atomic E-state index is 0.0416. The van der Waals surface area contributed by atoms with Crippen LogP contribution >= 0.6 is 0 Å². The van der Waals surface area contributed by atoms with E-state index >= 15 is 0 Å². The second kappa shape index (κ2) is 19.4. The second-order valence-corrected chi connectivity index (χ2v) is 21.3. The van der Waals surface area contributed by atoms with Crippen molar-refractivity contribution in [3.8, 4) is 0 Å². The van der Waals surface area contributed by atoms with E-state index in [9.17, 15) is 76.3 Å². The molecule has 1 spiro atoms. The molecular weight excluding hydrogens is 892 g/mol. The zero-order valence-electron chi connectivity index (χ0n) is 37.8. The molecule has 8 rings (SSSR count). The van der Waals surface area contributed by atoms with Crippen LogP contribution in [0.1, 0.15) is 78.1 Å². The Hall–Kier alpha value is -1.59. The summed E-state index contributed by atoms with van der Waals surface area (Å²) in [7, 11) is 0. The van der Waals surface area contributed by atoms with Crippen LogP contribution in [-0.2, 0) is 38.0 Å². The van der Waals surface area contributed by atoms with Gasteiger partial charge in [0.25, 0.3) is 0 Å². The van der Waals surface area contributed by atoms with Gasteiger partial charge < -0.3 is 105 Å². The molecule has 67 heavy (non-hydrogen) atoms. The van der Waals surface area contributed by atoms with Crippen LogP contribution in [0, 0.1) is 34.0 Å². The zero-order chi connectivity index (χ0) is 48.7. The normalized spacial score (nSPS) is 54.5. The fourth-order valence-electron chi connectivity index (χ4n) is 14.0. The highest BCUT2D eigenvalue weighted by atomic mass is 16.8. The number of fused-ring (bicyclic) bond motifs is 3. The quantitative estimate of drug-likeness (QED) is 0.0498. The molecule has 0 aromatic carbocycles. The van der Waals surface area contributed by atoms with Crippen molar-refractivity contribution >= 4 is 5.97 Å². The SMILES string of the molecule is C=C1C[C@@]23CCC4[C@@](C)(CCC[C@@]4(C)C(=O)OC4OC(CO)C(O)C(O)C4O)C2CC[C@]1(OC1OC(CO)C(O)C(OC2CC(CO)C(O)C(O)C2O)C1OC1OC(CO)C(O)C(O)C1O)C3. The second-order valence-electron chi connectivity index (χ2n) is 21.3. The fourth-order valence-corrected chi connectivity index (χ4v) is 14.0. The maximum atomic E-state index is 14.3. The average Bonchev–Trinajstić information content (AvgIpc) is 3.50. The fraction of sp³-hybridized carbons (Fsp3) is 0.933. The highest BCUT2D eigenvalue weighted by molar-refractivity contribution is 5.77. The molecule has 384 valence electrons. The number of aliphatic hydroxyl groups excluding tert-OH is 14. The largest absolute Gasteiger partial charge is 0.432 e. The molecule has 26 atom stereocenters. The number of carbonyl (C=O) groups is 1. The van der Waals surface area contributed by atoms with Crippen molar-refractivity contribution in [1.82, 2.24) is 0 Å². The number of hydrogen-bond acceptors (Lipinski definition) is 22. The summed E-state index contributed by atoms with van der Waals surface area (Å²) >= 11 is 0. The molecule has 0 aromatic rings. The third-order valence-corrected chi connectivity index (χ3v) is 17.6. The summed E-state index contributed by atoms with van der Waals surface area (Å²) in [5.74, 6) is -1.72. The molecule has 22 unspecified atom stereocenters. The summed E-state index contributed by atoms with van der Waals surface area (Å²) in [6, 6.07) is 0. The molecular formula is C45H72O22. The van der Waals surface area contributed by atoms with E-state index in [0.717, 1.165) is 12.0 Å². The Morgan fingerprint density at radius 3 is 1.81 bits per heavy atom. The van der Waals surface area contributed by atoms with Gasteiger partial charge >= 0.3 is 5.97 Å². The first kappa shape index (κ1) is 51.8. The first-order valence-electron chi connectivity index (χ1n) is 23.7. The van der Waals surface area contributed by atoms with Crippen molar-refractivity contribution in [2.24, 2.45) is 34.0 Å². The minimum Gasteiger partial charge on any atom is -0.432 e. The highest BCUT2D eigenvalue weighted by Gasteiger charge is 2.70. The van der Waals surface area contributed by atoms with Gasteiger partial charge in [0.2, 0.25) is 6.29 Å². The Morgan fingerprint density at radius 1 is 0.612 bits per heavy atom. The lowest BCUT2D eigenvalue weighted by molar-refractivity contribution is -0.386. The topological polar surface area (TPSA) is 365 Å². The molecule has 14 N–H and O–H groups in total.